The molecule has 1 heterocycles. The van der Waals surface area contributed by atoms with E-state index in [1.807, 2.05) is 31.1 Å². The Bertz CT molecular complexity index is 366. The van der Waals surface area contributed by atoms with Crippen molar-refractivity contribution < 1.29 is 0 Å². The lowest BCUT2D eigenvalue weighted by Crippen LogP contribution is -2.38. The minimum atomic E-state index is 0.611. The molecule has 0 amide bonds. The summed E-state index contributed by atoms with van der Waals surface area (Å²) in [4.78, 5) is 8.89. The molecule has 0 aliphatic heterocycles. The molecular weight excluding hydrogens is 254 g/mol. The van der Waals surface area contributed by atoms with Gasteiger partial charge in [-0.2, -0.15) is 0 Å². The molecule has 2 rings (SSSR count). The third kappa shape index (κ3) is 4.77. The molecule has 19 heavy (non-hydrogen) atoms. The summed E-state index contributed by atoms with van der Waals surface area (Å²) in [6.45, 7) is 5.28. The number of nitrogens with zero attached hydrogens (tertiary/aromatic N) is 2. The number of hydrogen-bond acceptors (Lipinski definition) is 4. The number of thioether (sulfide) groups is 1. The van der Waals surface area contributed by atoms with E-state index in [4.69, 9.17) is 0 Å². The van der Waals surface area contributed by atoms with E-state index in [9.17, 15) is 0 Å². The highest BCUT2D eigenvalue weighted by atomic mass is 32.2. The molecule has 0 bridgehead atoms. The van der Waals surface area contributed by atoms with Crippen LogP contribution in [-0.4, -0.2) is 27.8 Å². The summed E-state index contributed by atoms with van der Waals surface area (Å²) in [6, 6.07) is 0.611. The second-order valence-corrected chi connectivity index (χ2v) is 6.56. The number of nitrogens with one attached hydrogen (secondary N) is 1. The Morgan fingerprint density at radius 3 is 2.53 bits per heavy atom. The van der Waals surface area contributed by atoms with Gasteiger partial charge in [0.15, 0.2) is 5.16 Å². The quantitative estimate of drug-likeness (QED) is 0.855. The van der Waals surface area contributed by atoms with E-state index < -0.39 is 0 Å². The summed E-state index contributed by atoms with van der Waals surface area (Å²) in [5.41, 5.74) is 1.13. The van der Waals surface area contributed by atoms with Gasteiger partial charge in [0, 0.05) is 23.7 Å². The van der Waals surface area contributed by atoms with Crippen LogP contribution in [0, 0.1) is 6.92 Å². The van der Waals surface area contributed by atoms with Gasteiger partial charge >= 0.3 is 0 Å². The predicted octanol–water partition coefficient (Wildman–Crippen LogP) is 3.58. The molecule has 1 aliphatic rings. The summed E-state index contributed by atoms with van der Waals surface area (Å²) in [7, 11) is 0. The molecule has 1 saturated carbocycles. The predicted molar refractivity (Wildman–Crippen MR) is 81.6 cm³/mol. The third-order valence-electron chi connectivity index (χ3n) is 3.68. The molecule has 1 aromatic heterocycles. The monoisotopic (exact) mass is 279 g/mol. The van der Waals surface area contributed by atoms with Crippen molar-refractivity contribution in [1.82, 2.24) is 15.3 Å². The van der Waals surface area contributed by atoms with Gasteiger partial charge in [-0.3, -0.25) is 0 Å². The van der Waals surface area contributed by atoms with Crippen molar-refractivity contribution in [2.75, 3.05) is 6.54 Å². The maximum absolute atomic E-state index is 4.45. The Labute approximate surface area is 121 Å². The lowest BCUT2D eigenvalue weighted by molar-refractivity contribution is 0.406. The van der Waals surface area contributed by atoms with E-state index in [0.717, 1.165) is 17.3 Å². The van der Waals surface area contributed by atoms with Crippen molar-refractivity contribution in [1.29, 1.82) is 0 Å². The highest BCUT2D eigenvalue weighted by molar-refractivity contribution is 7.99. The van der Waals surface area contributed by atoms with E-state index in [1.54, 1.807) is 0 Å². The highest BCUT2D eigenvalue weighted by Crippen LogP contribution is 2.30. The minimum Gasteiger partial charge on any atom is -0.313 e. The summed E-state index contributed by atoms with van der Waals surface area (Å²) >= 11 is 1.86. The number of aryl methyl sites for hydroxylation is 1. The Balaban J connectivity index is 2.01. The Kier molecular flexibility index (Phi) is 6.11. The molecule has 0 radical (unpaired) electrons. The first-order valence-electron chi connectivity index (χ1n) is 7.48. The van der Waals surface area contributed by atoms with Gasteiger partial charge in [-0.1, -0.05) is 44.4 Å². The molecule has 106 valence electrons. The molecule has 1 fully saturated rings. The molecule has 1 aliphatic carbocycles. The van der Waals surface area contributed by atoms with E-state index in [2.05, 4.69) is 22.2 Å². The average Bonchev–Trinajstić information content (AvgIpc) is 2.39. The molecule has 2 atom stereocenters. The van der Waals surface area contributed by atoms with Gasteiger partial charge in [-0.25, -0.2) is 9.97 Å². The SMILES string of the molecule is CCNC1CCCCCCC1Sc1ncc(C)cn1. The van der Waals surface area contributed by atoms with Gasteiger partial charge in [-0.15, -0.1) is 0 Å². The lowest BCUT2D eigenvalue weighted by atomic mass is 9.96. The van der Waals surface area contributed by atoms with Gasteiger partial charge in [0.2, 0.25) is 0 Å². The standard InChI is InChI=1S/C15H25N3S/c1-3-16-13-8-6-4-5-7-9-14(13)19-15-17-10-12(2)11-18-15/h10-11,13-14,16H,3-9H2,1-2H3. The number of hydrogen-bond donors (Lipinski definition) is 1. The smallest absolute Gasteiger partial charge is 0.187 e. The second kappa shape index (κ2) is 7.85. The molecule has 1 N–H and O–H groups in total. The topological polar surface area (TPSA) is 37.8 Å². The molecule has 1 aromatic rings. The van der Waals surface area contributed by atoms with Crippen molar-refractivity contribution in [2.24, 2.45) is 0 Å². The first kappa shape index (κ1) is 14.8. The van der Waals surface area contributed by atoms with Gasteiger partial charge < -0.3 is 5.32 Å². The molecule has 0 saturated heterocycles. The highest BCUT2D eigenvalue weighted by Gasteiger charge is 2.23. The zero-order valence-corrected chi connectivity index (χ0v) is 12.9. The first-order chi connectivity index (χ1) is 9.29. The average molecular weight is 279 g/mol. The van der Waals surface area contributed by atoms with Crippen molar-refractivity contribution in [3.05, 3.63) is 18.0 Å². The van der Waals surface area contributed by atoms with Crippen LogP contribution in [0.25, 0.3) is 0 Å². The molecular formula is C15H25N3S. The maximum atomic E-state index is 4.45. The largest absolute Gasteiger partial charge is 0.313 e. The Morgan fingerprint density at radius 2 is 1.84 bits per heavy atom. The van der Waals surface area contributed by atoms with Crippen LogP contribution < -0.4 is 5.32 Å². The van der Waals surface area contributed by atoms with E-state index in [1.165, 1.54) is 38.5 Å². The fourth-order valence-electron chi connectivity index (χ4n) is 2.66. The first-order valence-corrected chi connectivity index (χ1v) is 8.36. The van der Waals surface area contributed by atoms with Crippen LogP contribution in [0.5, 0.6) is 0 Å². The fourth-order valence-corrected chi connectivity index (χ4v) is 3.84. The van der Waals surface area contributed by atoms with E-state index in [0.29, 0.717) is 11.3 Å². The zero-order valence-electron chi connectivity index (χ0n) is 12.1. The molecule has 4 heteroatoms. The number of rotatable bonds is 4. The Morgan fingerprint density at radius 1 is 1.16 bits per heavy atom. The maximum Gasteiger partial charge on any atom is 0.187 e. The van der Waals surface area contributed by atoms with Gasteiger partial charge in [0.05, 0.1) is 0 Å². The van der Waals surface area contributed by atoms with Gasteiger partial charge in [-0.05, 0) is 31.9 Å². The zero-order chi connectivity index (χ0) is 13.5. The van der Waals surface area contributed by atoms with E-state index in [-0.39, 0.29) is 0 Å². The minimum absolute atomic E-state index is 0.611. The summed E-state index contributed by atoms with van der Waals surface area (Å²) < 4.78 is 0. The van der Waals surface area contributed by atoms with Crippen LogP contribution in [0.2, 0.25) is 0 Å². The van der Waals surface area contributed by atoms with Crippen molar-refractivity contribution >= 4 is 11.8 Å². The van der Waals surface area contributed by atoms with Crippen LogP contribution in [0.1, 0.15) is 51.0 Å². The van der Waals surface area contributed by atoms with Crippen LogP contribution >= 0.6 is 11.8 Å². The van der Waals surface area contributed by atoms with Gasteiger partial charge in [0.1, 0.15) is 0 Å². The molecule has 3 nitrogen and oxygen atoms in total. The third-order valence-corrected chi connectivity index (χ3v) is 4.97. The lowest BCUT2D eigenvalue weighted by Gasteiger charge is -2.29. The van der Waals surface area contributed by atoms with Crippen molar-refractivity contribution in [3.63, 3.8) is 0 Å². The van der Waals surface area contributed by atoms with Crippen LogP contribution in [-0.2, 0) is 0 Å². The number of aromatic nitrogens is 2. The normalized spacial score (nSPS) is 24.7. The summed E-state index contributed by atoms with van der Waals surface area (Å²) in [6.07, 6.45) is 11.9. The van der Waals surface area contributed by atoms with E-state index >= 15 is 0 Å². The summed E-state index contributed by atoms with van der Waals surface area (Å²) in [5.74, 6) is 0. The van der Waals surface area contributed by atoms with Gasteiger partial charge in [0.25, 0.3) is 0 Å². The molecule has 0 aromatic carbocycles. The van der Waals surface area contributed by atoms with Crippen molar-refractivity contribution in [2.45, 2.75) is 68.8 Å². The summed E-state index contributed by atoms with van der Waals surface area (Å²) in [5, 5.41) is 5.20. The molecule has 0 spiro atoms. The van der Waals surface area contributed by atoms with Crippen LogP contribution in [0.3, 0.4) is 0 Å². The second-order valence-electron chi connectivity index (χ2n) is 5.36. The van der Waals surface area contributed by atoms with Crippen LogP contribution in [0.4, 0.5) is 0 Å². The molecule has 2 unspecified atom stereocenters. The van der Waals surface area contributed by atoms with Crippen LogP contribution in [0.15, 0.2) is 17.6 Å². The fraction of sp³-hybridized carbons (Fsp3) is 0.733. The Hall–Kier alpha value is -0.610. The van der Waals surface area contributed by atoms with Crippen molar-refractivity contribution in [3.8, 4) is 0 Å².